The number of aldehydes is 1. The number of thiol groups is 1. The molecule has 0 heterocycles. The highest BCUT2D eigenvalue weighted by Gasteiger charge is 2.26. The molecule has 0 aromatic carbocycles. The molecule has 0 bridgehead atoms. The molecule has 1 atom stereocenters. The molecule has 0 N–H and O–H groups in total. The van der Waals surface area contributed by atoms with Crippen LogP contribution in [-0.2, 0) is 4.79 Å². The largest absolute Gasteiger partial charge is 0.301 e. The Morgan fingerprint density at radius 3 is 2.23 bits per heavy atom. The van der Waals surface area contributed by atoms with E-state index < -0.39 is 4.08 Å². The van der Waals surface area contributed by atoms with E-state index in [1.54, 1.807) is 11.8 Å². The van der Waals surface area contributed by atoms with E-state index in [1.807, 2.05) is 0 Å². The van der Waals surface area contributed by atoms with E-state index in [0.29, 0.717) is 11.2 Å². The Labute approximate surface area is 91.5 Å². The van der Waals surface area contributed by atoms with Crippen LogP contribution in [0.15, 0.2) is 0 Å². The average Bonchev–Trinajstić information content (AvgIpc) is 2.00. The van der Waals surface area contributed by atoms with Gasteiger partial charge in [-0.3, -0.25) is 0 Å². The van der Waals surface area contributed by atoms with Crippen LogP contribution in [0.5, 0.6) is 0 Å². The maximum absolute atomic E-state index is 10.9. The van der Waals surface area contributed by atoms with Crippen molar-refractivity contribution in [3.05, 3.63) is 0 Å². The molecule has 13 heavy (non-hydrogen) atoms. The molecule has 0 amide bonds. The normalized spacial score (nSPS) is 16.2. The van der Waals surface area contributed by atoms with Gasteiger partial charge in [-0.1, -0.05) is 27.7 Å². The molecule has 0 fully saturated rings. The van der Waals surface area contributed by atoms with Gasteiger partial charge in [0.05, 0.1) is 0 Å². The second-order valence-electron chi connectivity index (χ2n) is 4.06. The lowest BCUT2D eigenvalue weighted by Gasteiger charge is -2.24. The Morgan fingerprint density at radius 2 is 1.92 bits per heavy atom. The first-order valence-electron chi connectivity index (χ1n) is 4.76. The van der Waals surface area contributed by atoms with Crippen LogP contribution in [0.3, 0.4) is 0 Å². The van der Waals surface area contributed by atoms with E-state index in [9.17, 15) is 4.79 Å². The van der Waals surface area contributed by atoms with Crippen LogP contribution in [0.1, 0.15) is 40.5 Å². The predicted molar refractivity (Wildman–Crippen MR) is 64.6 cm³/mol. The molecule has 0 rings (SSSR count). The third kappa shape index (κ3) is 6.44. The number of hydrogen-bond acceptors (Lipinski definition) is 3. The second kappa shape index (κ2) is 5.97. The molecule has 0 aromatic rings. The van der Waals surface area contributed by atoms with Gasteiger partial charge in [-0.2, -0.15) is 12.6 Å². The number of rotatable bonds is 6. The van der Waals surface area contributed by atoms with E-state index in [2.05, 4.69) is 40.3 Å². The molecule has 0 saturated heterocycles. The van der Waals surface area contributed by atoms with E-state index in [1.165, 1.54) is 0 Å². The zero-order chi connectivity index (χ0) is 10.5. The first kappa shape index (κ1) is 13.4. The molecule has 0 aliphatic rings. The van der Waals surface area contributed by atoms with E-state index >= 15 is 0 Å². The van der Waals surface area contributed by atoms with Gasteiger partial charge in [-0.05, 0) is 18.8 Å². The quantitative estimate of drug-likeness (QED) is 0.420. The van der Waals surface area contributed by atoms with Gasteiger partial charge in [-0.25, -0.2) is 0 Å². The highest BCUT2D eigenvalue weighted by atomic mass is 32.2. The minimum Gasteiger partial charge on any atom is -0.301 e. The van der Waals surface area contributed by atoms with Crippen molar-refractivity contribution in [1.29, 1.82) is 0 Å². The van der Waals surface area contributed by atoms with Gasteiger partial charge < -0.3 is 4.79 Å². The minimum atomic E-state index is -0.474. The van der Waals surface area contributed by atoms with Crippen LogP contribution in [0, 0.1) is 5.92 Å². The summed E-state index contributed by atoms with van der Waals surface area (Å²) in [5.74, 6) is 0.638. The average molecular weight is 220 g/mol. The summed E-state index contributed by atoms with van der Waals surface area (Å²) in [5.41, 5.74) is 0. The van der Waals surface area contributed by atoms with Gasteiger partial charge in [0.2, 0.25) is 0 Å². The lowest BCUT2D eigenvalue weighted by atomic mass is 10.1. The van der Waals surface area contributed by atoms with Crippen molar-refractivity contribution in [3.8, 4) is 0 Å². The number of carbonyl (C=O) groups is 1. The third-order valence-corrected chi connectivity index (χ3v) is 3.53. The minimum absolute atomic E-state index is 0.454. The second-order valence-corrected chi connectivity index (χ2v) is 7.07. The molecule has 3 heteroatoms. The van der Waals surface area contributed by atoms with Crippen molar-refractivity contribution >= 4 is 30.7 Å². The fourth-order valence-electron chi connectivity index (χ4n) is 1.05. The fourth-order valence-corrected chi connectivity index (χ4v) is 2.92. The molecule has 0 spiro atoms. The lowest BCUT2D eigenvalue weighted by molar-refractivity contribution is -0.108. The molecule has 0 aliphatic heterocycles. The molecule has 0 saturated carbocycles. The molecule has 1 unspecified atom stereocenters. The first-order valence-corrected chi connectivity index (χ1v) is 6.09. The Hall–Kier alpha value is 0.370. The number of hydrogen-bond donors (Lipinski definition) is 1. The van der Waals surface area contributed by atoms with Crippen LogP contribution >= 0.6 is 24.4 Å². The van der Waals surface area contributed by atoms with E-state index in [-0.39, 0.29) is 0 Å². The predicted octanol–water partition coefficient (Wildman–Crippen LogP) is 3.39. The van der Waals surface area contributed by atoms with Crippen LogP contribution in [0.25, 0.3) is 0 Å². The third-order valence-electron chi connectivity index (χ3n) is 1.70. The van der Waals surface area contributed by atoms with Gasteiger partial charge in [0, 0.05) is 5.25 Å². The topological polar surface area (TPSA) is 17.1 Å². The first-order chi connectivity index (χ1) is 5.89. The molecule has 0 radical (unpaired) electrons. The van der Waals surface area contributed by atoms with Crippen molar-refractivity contribution < 1.29 is 4.79 Å². The Balaban J connectivity index is 4.03. The van der Waals surface area contributed by atoms with Gasteiger partial charge in [0.25, 0.3) is 0 Å². The Bertz CT molecular complexity index is 157. The SMILES string of the molecule is CC(C)CCC(S)(C=O)SC(C)C. The maximum atomic E-state index is 10.9. The number of thioether (sulfide) groups is 1. The molecule has 78 valence electrons. The summed E-state index contributed by atoms with van der Waals surface area (Å²) >= 11 is 6.07. The van der Waals surface area contributed by atoms with Crippen molar-refractivity contribution in [2.45, 2.75) is 49.9 Å². The summed E-state index contributed by atoms with van der Waals surface area (Å²) < 4.78 is -0.474. The molecular formula is C10H20OS2. The maximum Gasteiger partial charge on any atom is 0.145 e. The zero-order valence-corrected chi connectivity index (χ0v) is 10.6. The van der Waals surface area contributed by atoms with Gasteiger partial charge in [-0.15, -0.1) is 11.8 Å². The fraction of sp³-hybridized carbons (Fsp3) is 0.900. The van der Waals surface area contributed by atoms with E-state index in [0.717, 1.165) is 19.1 Å². The molecule has 0 aromatic heterocycles. The van der Waals surface area contributed by atoms with Crippen LogP contribution < -0.4 is 0 Å². The van der Waals surface area contributed by atoms with Crippen LogP contribution in [-0.4, -0.2) is 15.6 Å². The summed E-state index contributed by atoms with van der Waals surface area (Å²) in [6.07, 6.45) is 2.89. The molecular weight excluding hydrogens is 200 g/mol. The zero-order valence-electron chi connectivity index (χ0n) is 8.91. The molecule has 1 nitrogen and oxygen atoms in total. The van der Waals surface area contributed by atoms with Gasteiger partial charge in [0.15, 0.2) is 0 Å². The summed E-state index contributed by atoms with van der Waals surface area (Å²) in [5, 5.41) is 0.454. The highest BCUT2D eigenvalue weighted by molar-refractivity contribution is 8.12. The molecule has 0 aliphatic carbocycles. The van der Waals surface area contributed by atoms with Crippen LogP contribution in [0.2, 0.25) is 0 Å². The highest BCUT2D eigenvalue weighted by Crippen LogP contribution is 2.36. The van der Waals surface area contributed by atoms with Crippen molar-refractivity contribution in [1.82, 2.24) is 0 Å². The summed E-state index contributed by atoms with van der Waals surface area (Å²) in [4.78, 5) is 10.9. The van der Waals surface area contributed by atoms with Gasteiger partial charge >= 0.3 is 0 Å². The smallest absolute Gasteiger partial charge is 0.145 e. The summed E-state index contributed by atoms with van der Waals surface area (Å²) in [7, 11) is 0. The summed E-state index contributed by atoms with van der Waals surface area (Å²) in [6, 6.07) is 0. The van der Waals surface area contributed by atoms with E-state index in [4.69, 9.17) is 0 Å². The summed E-state index contributed by atoms with van der Waals surface area (Å²) in [6.45, 7) is 8.51. The van der Waals surface area contributed by atoms with Crippen molar-refractivity contribution in [2.24, 2.45) is 5.92 Å². The van der Waals surface area contributed by atoms with Gasteiger partial charge in [0.1, 0.15) is 10.4 Å². The standard InChI is InChI=1S/C10H20OS2/c1-8(2)5-6-10(12,7-11)13-9(3)4/h7-9,12H,5-6H2,1-4H3. The van der Waals surface area contributed by atoms with Crippen molar-refractivity contribution in [2.75, 3.05) is 0 Å². The number of carbonyl (C=O) groups excluding carboxylic acids is 1. The Kier molecular flexibility index (Phi) is 6.14. The lowest BCUT2D eigenvalue weighted by Crippen LogP contribution is -2.21. The Morgan fingerprint density at radius 1 is 1.38 bits per heavy atom. The monoisotopic (exact) mass is 220 g/mol. The van der Waals surface area contributed by atoms with Crippen LogP contribution in [0.4, 0.5) is 0 Å². The van der Waals surface area contributed by atoms with Crippen molar-refractivity contribution in [3.63, 3.8) is 0 Å².